The summed E-state index contributed by atoms with van der Waals surface area (Å²) in [5, 5.41) is 3.57. The lowest BCUT2D eigenvalue weighted by atomic mass is 10.1. The van der Waals surface area contributed by atoms with E-state index in [1.165, 1.54) is 5.56 Å². The molecule has 2 aromatic rings. The Hall–Kier alpha value is -1.23. The van der Waals surface area contributed by atoms with Crippen molar-refractivity contribution in [2.45, 2.75) is 25.1 Å². The molecule has 3 heterocycles. The van der Waals surface area contributed by atoms with Crippen LogP contribution in [-0.2, 0) is 17.7 Å². The number of halogens is 1. The first-order chi connectivity index (χ1) is 14.8. The van der Waals surface area contributed by atoms with Crippen molar-refractivity contribution in [2.75, 3.05) is 51.3 Å². The number of fused-ring (bicyclic) bond motifs is 1. The van der Waals surface area contributed by atoms with Crippen LogP contribution in [0.5, 0.6) is 0 Å². The molecule has 2 fully saturated rings. The normalized spacial score (nSPS) is 21.6. The van der Waals surface area contributed by atoms with Crippen molar-refractivity contribution in [1.82, 2.24) is 15.1 Å². The van der Waals surface area contributed by atoms with Crippen molar-refractivity contribution in [1.29, 1.82) is 0 Å². The lowest BCUT2D eigenvalue weighted by Crippen LogP contribution is -2.50. The van der Waals surface area contributed by atoms with Crippen LogP contribution in [0.4, 0.5) is 0 Å². The monoisotopic (exact) mass is 556 g/mol. The van der Waals surface area contributed by atoms with E-state index in [0.717, 1.165) is 69.8 Å². The smallest absolute Gasteiger partial charge is 0.194 e. The first kappa shape index (κ1) is 24.4. The van der Waals surface area contributed by atoms with Crippen molar-refractivity contribution < 1.29 is 9.15 Å². The number of nitrogens with one attached hydrogen (secondary N) is 1. The van der Waals surface area contributed by atoms with Gasteiger partial charge in [-0.25, -0.2) is 0 Å². The SMILES string of the molecule is CSCCN=C(NCCc1ccco1)N1CC2OCCN(Cc3ccccc3)C2C1.I. The second-order valence-electron chi connectivity index (χ2n) is 7.79. The quantitative estimate of drug-likeness (QED) is 0.233. The van der Waals surface area contributed by atoms with Crippen LogP contribution in [0.3, 0.4) is 0 Å². The fourth-order valence-corrected chi connectivity index (χ4v) is 4.48. The van der Waals surface area contributed by atoms with Gasteiger partial charge in [-0.2, -0.15) is 11.8 Å². The first-order valence-electron chi connectivity index (χ1n) is 10.8. The van der Waals surface area contributed by atoms with Crippen molar-refractivity contribution in [3.8, 4) is 0 Å². The van der Waals surface area contributed by atoms with Gasteiger partial charge in [0, 0.05) is 44.9 Å². The average Bonchev–Trinajstić information content (AvgIpc) is 3.44. The van der Waals surface area contributed by atoms with E-state index in [0.29, 0.717) is 6.04 Å². The van der Waals surface area contributed by atoms with E-state index in [9.17, 15) is 0 Å². The summed E-state index contributed by atoms with van der Waals surface area (Å²) in [6.45, 7) is 6.23. The van der Waals surface area contributed by atoms with Gasteiger partial charge in [-0.3, -0.25) is 9.89 Å². The summed E-state index contributed by atoms with van der Waals surface area (Å²) in [7, 11) is 0. The molecule has 0 radical (unpaired) electrons. The summed E-state index contributed by atoms with van der Waals surface area (Å²) in [6, 6.07) is 15.1. The standard InChI is InChI=1S/C23H32N4O2S.HI/c1-30-15-11-25-23(24-10-9-20-8-5-13-28-20)27-17-21-22(18-27)29-14-12-26(21)16-19-6-3-2-4-7-19;/h2-8,13,21-22H,9-12,14-18H2,1H3,(H,24,25);1H. The summed E-state index contributed by atoms with van der Waals surface area (Å²) in [5.41, 5.74) is 1.36. The predicted octanol–water partition coefficient (Wildman–Crippen LogP) is 3.33. The Kier molecular flexibility index (Phi) is 10.0. The maximum atomic E-state index is 6.15. The van der Waals surface area contributed by atoms with E-state index in [-0.39, 0.29) is 30.1 Å². The number of likely N-dealkylation sites (tertiary alicyclic amines) is 1. The van der Waals surface area contributed by atoms with Gasteiger partial charge in [0.25, 0.3) is 0 Å². The van der Waals surface area contributed by atoms with E-state index in [4.69, 9.17) is 14.1 Å². The molecule has 2 unspecified atom stereocenters. The van der Waals surface area contributed by atoms with E-state index in [1.54, 1.807) is 6.26 Å². The second kappa shape index (κ2) is 12.7. The van der Waals surface area contributed by atoms with E-state index in [1.807, 2.05) is 23.9 Å². The number of morpholine rings is 1. The summed E-state index contributed by atoms with van der Waals surface area (Å²) in [6.07, 6.45) is 4.94. The highest BCUT2D eigenvalue weighted by atomic mass is 127. The lowest BCUT2D eigenvalue weighted by Gasteiger charge is -2.36. The minimum atomic E-state index is 0. The molecule has 170 valence electrons. The van der Waals surface area contributed by atoms with Gasteiger partial charge in [0.05, 0.1) is 31.6 Å². The van der Waals surface area contributed by atoms with Crippen LogP contribution in [0.1, 0.15) is 11.3 Å². The number of hydrogen-bond donors (Lipinski definition) is 1. The Balaban J connectivity index is 0.00000272. The molecule has 0 spiro atoms. The van der Waals surface area contributed by atoms with Crippen LogP contribution >= 0.6 is 35.7 Å². The highest BCUT2D eigenvalue weighted by Gasteiger charge is 2.41. The molecule has 2 saturated heterocycles. The second-order valence-corrected chi connectivity index (χ2v) is 8.78. The van der Waals surface area contributed by atoms with Gasteiger partial charge in [-0.1, -0.05) is 30.3 Å². The Morgan fingerprint density at radius 3 is 2.84 bits per heavy atom. The molecule has 8 heteroatoms. The Labute approximate surface area is 206 Å². The minimum absolute atomic E-state index is 0. The molecule has 4 rings (SSSR count). The number of nitrogens with zero attached hydrogens (tertiary/aromatic N) is 3. The largest absolute Gasteiger partial charge is 0.469 e. The molecule has 0 amide bonds. The third-order valence-electron chi connectivity index (χ3n) is 5.74. The molecular weight excluding hydrogens is 523 g/mol. The molecule has 1 aromatic carbocycles. The van der Waals surface area contributed by atoms with Crippen LogP contribution in [-0.4, -0.2) is 79.2 Å². The summed E-state index contributed by atoms with van der Waals surface area (Å²) in [5.74, 6) is 3.02. The molecule has 2 aliphatic rings. The summed E-state index contributed by atoms with van der Waals surface area (Å²) in [4.78, 5) is 9.84. The number of rotatable bonds is 8. The van der Waals surface area contributed by atoms with Crippen LogP contribution in [0.2, 0.25) is 0 Å². The first-order valence-corrected chi connectivity index (χ1v) is 12.2. The third kappa shape index (κ3) is 6.87. The molecule has 0 aliphatic carbocycles. The molecule has 0 bridgehead atoms. The zero-order valence-electron chi connectivity index (χ0n) is 18.1. The van der Waals surface area contributed by atoms with Crippen molar-refractivity contribution in [3.63, 3.8) is 0 Å². The number of thioether (sulfide) groups is 1. The highest BCUT2D eigenvalue weighted by molar-refractivity contribution is 14.0. The van der Waals surface area contributed by atoms with Crippen LogP contribution < -0.4 is 5.32 Å². The van der Waals surface area contributed by atoms with Crippen molar-refractivity contribution >= 4 is 41.7 Å². The van der Waals surface area contributed by atoms with E-state index >= 15 is 0 Å². The zero-order chi connectivity index (χ0) is 20.6. The minimum Gasteiger partial charge on any atom is -0.469 e. The fraction of sp³-hybridized carbons (Fsp3) is 0.522. The maximum absolute atomic E-state index is 6.15. The molecule has 1 N–H and O–H groups in total. The van der Waals surface area contributed by atoms with Crippen LogP contribution in [0.15, 0.2) is 58.1 Å². The van der Waals surface area contributed by atoms with Gasteiger partial charge in [0.15, 0.2) is 5.96 Å². The van der Waals surface area contributed by atoms with Gasteiger partial charge in [-0.15, -0.1) is 24.0 Å². The summed E-state index contributed by atoms with van der Waals surface area (Å²) < 4.78 is 11.6. The van der Waals surface area contributed by atoms with Gasteiger partial charge >= 0.3 is 0 Å². The molecule has 2 atom stereocenters. The van der Waals surface area contributed by atoms with Crippen LogP contribution in [0.25, 0.3) is 0 Å². The molecule has 0 saturated carbocycles. The number of benzene rings is 1. The van der Waals surface area contributed by atoms with Crippen LogP contribution in [0, 0.1) is 0 Å². The van der Waals surface area contributed by atoms with E-state index in [2.05, 4.69) is 51.7 Å². The number of guanidine groups is 1. The van der Waals surface area contributed by atoms with Crippen molar-refractivity contribution in [2.24, 2.45) is 4.99 Å². The number of hydrogen-bond acceptors (Lipinski definition) is 5. The molecule has 2 aliphatic heterocycles. The third-order valence-corrected chi connectivity index (χ3v) is 6.33. The van der Waals surface area contributed by atoms with E-state index < -0.39 is 0 Å². The molecule has 1 aromatic heterocycles. The Bertz CT molecular complexity index is 790. The maximum Gasteiger partial charge on any atom is 0.194 e. The van der Waals surface area contributed by atoms with Gasteiger partial charge < -0.3 is 19.4 Å². The number of aliphatic imine (C=N–C) groups is 1. The molecule has 31 heavy (non-hydrogen) atoms. The highest BCUT2D eigenvalue weighted by Crippen LogP contribution is 2.24. The Morgan fingerprint density at radius 2 is 2.06 bits per heavy atom. The molecular formula is C23H33IN4O2S. The summed E-state index contributed by atoms with van der Waals surface area (Å²) >= 11 is 1.83. The number of ether oxygens (including phenoxy) is 1. The average molecular weight is 557 g/mol. The Morgan fingerprint density at radius 1 is 1.19 bits per heavy atom. The fourth-order valence-electron chi connectivity index (χ4n) is 4.21. The van der Waals surface area contributed by atoms with Gasteiger partial charge in [-0.05, 0) is 24.0 Å². The predicted molar refractivity (Wildman–Crippen MR) is 138 cm³/mol. The van der Waals surface area contributed by atoms with Crippen molar-refractivity contribution in [3.05, 3.63) is 60.1 Å². The number of furan rings is 1. The lowest BCUT2D eigenvalue weighted by molar-refractivity contribution is -0.0502. The zero-order valence-corrected chi connectivity index (χ0v) is 21.3. The van der Waals surface area contributed by atoms with Gasteiger partial charge in [0.1, 0.15) is 5.76 Å². The molecule has 6 nitrogen and oxygen atoms in total. The van der Waals surface area contributed by atoms with Gasteiger partial charge in [0.2, 0.25) is 0 Å². The topological polar surface area (TPSA) is 53.2 Å².